The Morgan fingerprint density at radius 1 is 1.60 bits per heavy atom. The van der Waals surface area contributed by atoms with Crippen molar-refractivity contribution < 1.29 is 0 Å². The third-order valence-electron chi connectivity index (χ3n) is 2.91. The van der Waals surface area contributed by atoms with Gasteiger partial charge in [0.05, 0.1) is 5.01 Å². The quantitative estimate of drug-likeness (QED) is 0.803. The topological polar surface area (TPSA) is 24.9 Å². The molecule has 84 valence electrons. The molecule has 1 fully saturated rings. The first-order chi connectivity index (χ1) is 7.29. The van der Waals surface area contributed by atoms with E-state index in [1.165, 1.54) is 30.0 Å². The van der Waals surface area contributed by atoms with E-state index in [4.69, 9.17) is 0 Å². The third kappa shape index (κ3) is 3.28. The van der Waals surface area contributed by atoms with Gasteiger partial charge in [0, 0.05) is 23.5 Å². The Morgan fingerprint density at radius 2 is 2.40 bits per heavy atom. The van der Waals surface area contributed by atoms with Gasteiger partial charge in [-0.1, -0.05) is 6.92 Å². The van der Waals surface area contributed by atoms with Gasteiger partial charge in [0.25, 0.3) is 0 Å². The van der Waals surface area contributed by atoms with Crippen molar-refractivity contribution in [2.75, 3.05) is 6.54 Å². The average molecular weight is 224 g/mol. The lowest BCUT2D eigenvalue weighted by Gasteiger charge is -2.16. The van der Waals surface area contributed by atoms with Crippen LogP contribution >= 0.6 is 11.3 Å². The molecular weight excluding hydrogens is 204 g/mol. The summed E-state index contributed by atoms with van der Waals surface area (Å²) in [6.45, 7) is 5.45. The number of hydrogen-bond acceptors (Lipinski definition) is 3. The van der Waals surface area contributed by atoms with Crippen LogP contribution in [0.15, 0.2) is 5.38 Å². The van der Waals surface area contributed by atoms with Crippen LogP contribution in [-0.2, 0) is 6.42 Å². The maximum absolute atomic E-state index is 4.55. The molecule has 2 nitrogen and oxygen atoms in total. The maximum Gasteiger partial charge on any atom is 0.0943 e. The molecule has 1 aliphatic rings. The summed E-state index contributed by atoms with van der Waals surface area (Å²) in [5.41, 5.74) is 1.17. The van der Waals surface area contributed by atoms with Gasteiger partial charge in [0.2, 0.25) is 0 Å². The summed E-state index contributed by atoms with van der Waals surface area (Å²) in [6.07, 6.45) is 5.17. The highest BCUT2D eigenvalue weighted by Gasteiger charge is 2.31. The lowest BCUT2D eigenvalue weighted by molar-refractivity contribution is 0.459. The highest BCUT2D eigenvalue weighted by atomic mass is 32.1. The van der Waals surface area contributed by atoms with Crippen molar-refractivity contribution in [3.8, 4) is 0 Å². The minimum Gasteiger partial charge on any atom is -0.313 e. The Kier molecular flexibility index (Phi) is 3.76. The van der Waals surface area contributed by atoms with E-state index in [0.29, 0.717) is 6.04 Å². The van der Waals surface area contributed by atoms with E-state index in [2.05, 4.69) is 29.5 Å². The summed E-state index contributed by atoms with van der Waals surface area (Å²) >= 11 is 1.81. The summed E-state index contributed by atoms with van der Waals surface area (Å²) in [5, 5.41) is 7.11. The summed E-state index contributed by atoms with van der Waals surface area (Å²) < 4.78 is 0. The van der Waals surface area contributed by atoms with Crippen molar-refractivity contribution in [1.29, 1.82) is 0 Å². The minimum absolute atomic E-state index is 0.676. The number of aromatic nitrogens is 1. The number of thiazole rings is 1. The second-order valence-electron chi connectivity index (χ2n) is 4.48. The molecule has 1 unspecified atom stereocenters. The van der Waals surface area contributed by atoms with Gasteiger partial charge in [0.1, 0.15) is 0 Å². The smallest absolute Gasteiger partial charge is 0.0943 e. The number of rotatable bonds is 6. The van der Waals surface area contributed by atoms with Crippen molar-refractivity contribution in [2.24, 2.45) is 5.92 Å². The van der Waals surface area contributed by atoms with Crippen LogP contribution in [0.4, 0.5) is 0 Å². The number of nitrogens with one attached hydrogen (secondary N) is 1. The number of nitrogens with zero attached hydrogens (tertiary/aromatic N) is 1. The van der Waals surface area contributed by atoms with Crippen LogP contribution < -0.4 is 5.32 Å². The Morgan fingerprint density at radius 3 is 2.93 bits per heavy atom. The van der Waals surface area contributed by atoms with Crippen molar-refractivity contribution in [1.82, 2.24) is 10.3 Å². The summed E-state index contributed by atoms with van der Waals surface area (Å²) in [7, 11) is 0. The fourth-order valence-corrected chi connectivity index (χ4v) is 2.75. The van der Waals surface area contributed by atoms with Crippen LogP contribution in [0.25, 0.3) is 0 Å². The first-order valence-corrected chi connectivity index (χ1v) is 6.82. The van der Waals surface area contributed by atoms with E-state index in [1.807, 2.05) is 0 Å². The van der Waals surface area contributed by atoms with Crippen molar-refractivity contribution in [2.45, 2.75) is 45.6 Å². The van der Waals surface area contributed by atoms with Crippen LogP contribution in [0.5, 0.6) is 0 Å². The van der Waals surface area contributed by atoms with Crippen LogP contribution in [0, 0.1) is 12.8 Å². The van der Waals surface area contributed by atoms with Gasteiger partial charge in [-0.3, -0.25) is 0 Å². The van der Waals surface area contributed by atoms with Crippen LogP contribution in [0.2, 0.25) is 0 Å². The predicted molar refractivity (Wildman–Crippen MR) is 65.4 cm³/mol. The molecule has 0 bridgehead atoms. The molecule has 2 rings (SSSR count). The van der Waals surface area contributed by atoms with Gasteiger partial charge < -0.3 is 5.32 Å². The molecular formula is C12H20N2S. The number of hydrogen-bond donors (Lipinski definition) is 1. The van der Waals surface area contributed by atoms with Crippen molar-refractivity contribution in [3.05, 3.63) is 16.1 Å². The average Bonchev–Trinajstić information content (AvgIpc) is 2.98. The normalized spacial score (nSPS) is 18.0. The van der Waals surface area contributed by atoms with E-state index in [1.54, 1.807) is 11.3 Å². The zero-order chi connectivity index (χ0) is 10.7. The van der Waals surface area contributed by atoms with Gasteiger partial charge in [-0.15, -0.1) is 11.3 Å². The SMILES string of the molecule is CCCNC(Cc1nc(C)cs1)C1CC1. The minimum atomic E-state index is 0.676. The van der Waals surface area contributed by atoms with E-state index in [9.17, 15) is 0 Å². The van der Waals surface area contributed by atoms with E-state index in [0.717, 1.165) is 18.9 Å². The highest BCUT2D eigenvalue weighted by Crippen LogP contribution is 2.34. The summed E-state index contributed by atoms with van der Waals surface area (Å²) in [4.78, 5) is 4.55. The Labute approximate surface area is 96.1 Å². The predicted octanol–water partition coefficient (Wildman–Crippen LogP) is 2.77. The fraction of sp³-hybridized carbons (Fsp3) is 0.750. The third-order valence-corrected chi connectivity index (χ3v) is 3.90. The van der Waals surface area contributed by atoms with Crippen molar-refractivity contribution in [3.63, 3.8) is 0 Å². The standard InChI is InChI=1S/C12H20N2S/c1-3-6-13-11(10-4-5-10)7-12-14-9(2)8-15-12/h8,10-11,13H,3-7H2,1-2H3. The van der Waals surface area contributed by atoms with E-state index in [-0.39, 0.29) is 0 Å². The van der Waals surface area contributed by atoms with Gasteiger partial charge in [-0.2, -0.15) is 0 Å². The molecule has 0 spiro atoms. The lowest BCUT2D eigenvalue weighted by Crippen LogP contribution is -2.33. The molecule has 0 saturated heterocycles. The Balaban J connectivity index is 1.88. The molecule has 1 aliphatic carbocycles. The molecule has 1 aromatic rings. The first-order valence-electron chi connectivity index (χ1n) is 5.94. The second kappa shape index (κ2) is 5.08. The number of aryl methyl sites for hydroxylation is 1. The molecule has 1 aromatic heterocycles. The molecule has 1 heterocycles. The molecule has 0 aromatic carbocycles. The zero-order valence-corrected chi connectivity index (χ0v) is 10.4. The lowest BCUT2D eigenvalue weighted by atomic mass is 10.1. The highest BCUT2D eigenvalue weighted by molar-refractivity contribution is 7.09. The van der Waals surface area contributed by atoms with E-state index < -0.39 is 0 Å². The Hall–Kier alpha value is -0.410. The zero-order valence-electron chi connectivity index (χ0n) is 9.62. The largest absolute Gasteiger partial charge is 0.313 e. The second-order valence-corrected chi connectivity index (χ2v) is 5.43. The van der Waals surface area contributed by atoms with Crippen LogP contribution in [0.1, 0.15) is 36.9 Å². The Bertz CT molecular complexity index is 304. The maximum atomic E-state index is 4.55. The van der Waals surface area contributed by atoms with Crippen LogP contribution in [-0.4, -0.2) is 17.6 Å². The summed E-state index contributed by atoms with van der Waals surface area (Å²) in [6, 6.07) is 0.676. The van der Waals surface area contributed by atoms with Gasteiger partial charge in [-0.05, 0) is 38.6 Å². The van der Waals surface area contributed by atoms with Crippen LogP contribution in [0.3, 0.4) is 0 Å². The van der Waals surface area contributed by atoms with Gasteiger partial charge in [0.15, 0.2) is 0 Å². The molecule has 3 heteroatoms. The molecule has 0 amide bonds. The van der Waals surface area contributed by atoms with Gasteiger partial charge in [-0.25, -0.2) is 4.98 Å². The molecule has 1 saturated carbocycles. The molecule has 15 heavy (non-hydrogen) atoms. The van der Waals surface area contributed by atoms with E-state index >= 15 is 0 Å². The fourth-order valence-electron chi connectivity index (χ4n) is 1.92. The molecule has 1 atom stereocenters. The van der Waals surface area contributed by atoms with Crippen molar-refractivity contribution >= 4 is 11.3 Å². The molecule has 0 aliphatic heterocycles. The monoisotopic (exact) mass is 224 g/mol. The van der Waals surface area contributed by atoms with Gasteiger partial charge >= 0.3 is 0 Å². The molecule has 1 N–H and O–H groups in total. The summed E-state index contributed by atoms with van der Waals surface area (Å²) in [5.74, 6) is 0.917. The first kappa shape index (κ1) is 11.1. The molecule has 0 radical (unpaired) electrons.